The Bertz CT molecular complexity index is 3850. The number of pyridine rings is 2. The minimum absolute atomic E-state index is 0.264. The normalized spacial score (nSPS) is 11.9. The monoisotopic (exact) mass is 948 g/mol. The van der Waals surface area contributed by atoms with Crippen molar-refractivity contribution < 1.29 is 35.1 Å². The van der Waals surface area contributed by atoms with Crippen molar-refractivity contribution in [3.63, 3.8) is 0 Å². The maximum absolute atomic E-state index is 16.9. The largest absolute Gasteiger partial charge is 0.416 e. The molecule has 0 aliphatic carbocycles. The van der Waals surface area contributed by atoms with E-state index in [1.807, 2.05) is 84.9 Å². The zero-order valence-corrected chi connectivity index (χ0v) is 36.8. The van der Waals surface area contributed by atoms with Crippen LogP contribution in [-0.2, 0) is 6.18 Å². The molecule has 12 heteroatoms. The van der Waals surface area contributed by atoms with Crippen LogP contribution >= 0.6 is 0 Å². The van der Waals surface area contributed by atoms with Crippen LogP contribution in [0.3, 0.4) is 0 Å². The molecule has 12 aromatic rings. The molecule has 0 saturated heterocycles. The highest BCUT2D eigenvalue weighted by molar-refractivity contribution is 6.13. The molecule has 4 heterocycles. The van der Waals surface area contributed by atoms with Gasteiger partial charge < -0.3 is 9.13 Å². The Hall–Kier alpha value is -8.90. The molecule has 71 heavy (non-hydrogen) atoms. The number of fused-ring (bicyclic) bond motifs is 6. The van der Waals surface area contributed by atoms with E-state index in [1.165, 1.54) is 9.13 Å². The van der Waals surface area contributed by atoms with Crippen LogP contribution in [0.4, 0.5) is 35.1 Å². The van der Waals surface area contributed by atoms with E-state index in [0.717, 1.165) is 11.1 Å². The highest BCUT2D eigenvalue weighted by atomic mass is 19.4. The van der Waals surface area contributed by atoms with Crippen LogP contribution in [-0.4, -0.2) is 19.1 Å². The maximum atomic E-state index is 16.9. The predicted molar refractivity (Wildman–Crippen MR) is 263 cm³/mol. The first-order valence-electron chi connectivity index (χ1n) is 22.3. The van der Waals surface area contributed by atoms with Crippen molar-refractivity contribution in [1.82, 2.24) is 19.1 Å². The zero-order valence-electron chi connectivity index (χ0n) is 36.8. The van der Waals surface area contributed by atoms with E-state index in [2.05, 4.69) is 0 Å². The van der Waals surface area contributed by atoms with Crippen molar-refractivity contribution in [3.8, 4) is 67.5 Å². The Labute approximate surface area is 399 Å². The minimum atomic E-state index is -5.10. The van der Waals surface area contributed by atoms with Crippen LogP contribution < -0.4 is 0 Å². The zero-order chi connectivity index (χ0) is 48.7. The molecule has 344 valence electrons. The van der Waals surface area contributed by atoms with Gasteiger partial charge in [0.2, 0.25) is 5.82 Å². The average Bonchev–Trinajstić information content (AvgIpc) is 3.92. The quantitative estimate of drug-likeness (QED) is 0.0907. The molecule has 0 unspecified atom stereocenters. The van der Waals surface area contributed by atoms with Crippen LogP contribution in [0.15, 0.2) is 194 Å². The highest BCUT2D eigenvalue weighted by Crippen LogP contribution is 2.48. The summed E-state index contributed by atoms with van der Waals surface area (Å²) in [5, 5.41) is 2.12. The fourth-order valence-electron chi connectivity index (χ4n) is 9.72. The van der Waals surface area contributed by atoms with E-state index < -0.39 is 63.3 Å². The fraction of sp³-hybridized carbons (Fsp3) is 0.0169. The number of hydrogen-bond acceptors (Lipinski definition) is 2. The molecule has 0 saturated carbocycles. The number of aromatic nitrogens is 4. The topological polar surface area (TPSA) is 35.6 Å². The van der Waals surface area contributed by atoms with Gasteiger partial charge in [-0.1, -0.05) is 133 Å². The van der Waals surface area contributed by atoms with Crippen LogP contribution in [0.1, 0.15) is 5.56 Å². The molecular weight excluding hydrogens is 917 g/mol. The lowest BCUT2D eigenvalue weighted by Gasteiger charge is -2.23. The second-order valence-corrected chi connectivity index (χ2v) is 17.0. The third kappa shape index (κ3) is 7.12. The summed E-state index contributed by atoms with van der Waals surface area (Å²) in [5.74, 6) is -11.4. The molecule has 0 spiro atoms. The number of rotatable bonds is 7. The summed E-state index contributed by atoms with van der Waals surface area (Å²) in [6.45, 7) is 0. The molecule has 0 aliphatic rings. The van der Waals surface area contributed by atoms with E-state index in [-0.39, 0.29) is 22.1 Å². The highest BCUT2D eigenvalue weighted by Gasteiger charge is 2.37. The molecule has 4 aromatic heterocycles. The van der Waals surface area contributed by atoms with E-state index >= 15 is 35.1 Å². The maximum Gasteiger partial charge on any atom is 0.416 e. The summed E-state index contributed by atoms with van der Waals surface area (Å²) in [7, 11) is 0. The third-order valence-electron chi connectivity index (χ3n) is 12.9. The molecule has 4 nitrogen and oxygen atoms in total. The van der Waals surface area contributed by atoms with Gasteiger partial charge in [0.15, 0.2) is 23.3 Å². The Balaban J connectivity index is 1.21. The molecule has 0 amide bonds. The van der Waals surface area contributed by atoms with Gasteiger partial charge in [0.1, 0.15) is 0 Å². The van der Waals surface area contributed by atoms with Crippen molar-refractivity contribution >= 4 is 43.6 Å². The van der Waals surface area contributed by atoms with Gasteiger partial charge in [-0.3, -0.25) is 0 Å². The lowest BCUT2D eigenvalue weighted by molar-refractivity contribution is -0.137. The van der Waals surface area contributed by atoms with E-state index in [0.29, 0.717) is 67.6 Å². The molecule has 0 fully saturated rings. The van der Waals surface area contributed by atoms with Gasteiger partial charge in [0, 0.05) is 49.4 Å². The van der Waals surface area contributed by atoms with Gasteiger partial charge in [-0.15, -0.1) is 0 Å². The molecule has 12 rings (SSSR count). The third-order valence-corrected chi connectivity index (χ3v) is 12.9. The SMILES string of the molecule is Fc1c(F)c(F)c(-c2c(-n3c4ccccc4c4ccc(-c5cccc(-c6ccccc6)n5)cc43)cc(C(F)(F)F)cc2-n2c3ccccc3c3ccc(-c4cccc(-c5ccccc5)n4)cc32)c(F)c1F. The first-order chi connectivity index (χ1) is 34.4. The van der Waals surface area contributed by atoms with Gasteiger partial charge in [0.05, 0.1) is 67.3 Å². The number of hydrogen-bond donors (Lipinski definition) is 0. The van der Waals surface area contributed by atoms with E-state index in [9.17, 15) is 0 Å². The number of nitrogens with zero attached hydrogens (tertiary/aromatic N) is 4. The average molecular weight is 949 g/mol. The van der Waals surface area contributed by atoms with Gasteiger partial charge in [0.25, 0.3) is 0 Å². The molecule has 0 N–H and O–H groups in total. The Morgan fingerprint density at radius 2 is 0.676 bits per heavy atom. The fourth-order valence-corrected chi connectivity index (χ4v) is 9.72. The summed E-state index contributed by atoms with van der Waals surface area (Å²) < 4.78 is 130. The van der Waals surface area contributed by atoms with Crippen molar-refractivity contribution in [2.45, 2.75) is 6.18 Å². The lowest BCUT2D eigenvalue weighted by atomic mass is 9.96. The van der Waals surface area contributed by atoms with Crippen LogP contribution in [0.5, 0.6) is 0 Å². The summed E-state index contributed by atoms with van der Waals surface area (Å²) >= 11 is 0. The second kappa shape index (κ2) is 16.7. The van der Waals surface area contributed by atoms with Gasteiger partial charge >= 0.3 is 6.18 Å². The van der Waals surface area contributed by atoms with Gasteiger partial charge in [-0.25, -0.2) is 31.9 Å². The smallest absolute Gasteiger partial charge is 0.308 e. The number of halogens is 8. The summed E-state index contributed by atoms with van der Waals surface area (Å²) in [6, 6.07) is 55.1. The molecule has 8 aromatic carbocycles. The van der Waals surface area contributed by atoms with Crippen molar-refractivity contribution in [3.05, 3.63) is 229 Å². The first kappa shape index (κ1) is 43.4. The molecule has 0 bridgehead atoms. The number of benzene rings is 8. The molecule has 0 aliphatic heterocycles. The minimum Gasteiger partial charge on any atom is -0.308 e. The Morgan fingerprint density at radius 3 is 1.10 bits per heavy atom. The molecular formula is C59H32F8N4. The number of alkyl halides is 3. The van der Waals surface area contributed by atoms with Crippen LogP contribution in [0.2, 0.25) is 0 Å². The van der Waals surface area contributed by atoms with Crippen molar-refractivity contribution in [1.29, 1.82) is 0 Å². The van der Waals surface area contributed by atoms with Crippen molar-refractivity contribution in [2.24, 2.45) is 0 Å². The summed E-state index contributed by atoms with van der Waals surface area (Å²) in [5.41, 5.74) is 1.75. The van der Waals surface area contributed by atoms with Crippen molar-refractivity contribution in [2.75, 3.05) is 0 Å². The lowest BCUT2D eigenvalue weighted by Crippen LogP contribution is -2.13. The molecule has 0 atom stereocenters. The second-order valence-electron chi connectivity index (χ2n) is 17.0. The first-order valence-corrected chi connectivity index (χ1v) is 22.3. The number of para-hydroxylation sites is 2. The molecule has 0 radical (unpaired) electrons. The summed E-state index contributed by atoms with van der Waals surface area (Å²) in [4.78, 5) is 9.82. The predicted octanol–water partition coefficient (Wildman–Crippen LogP) is 16.7. The standard InChI is InChI=1S/C59H32F8N4/c60-54-53(55(61)57(63)58(64)56(54)62)52-50(70-46-23-9-7-17-38(46)40-27-25-35(29-48(40)70)44-21-11-19-42(68-44)33-13-3-1-4-14-33)31-37(59(65,66)67)32-51(52)71-47-24-10-8-18-39(47)41-28-26-36(30-49(41)71)45-22-12-20-43(69-45)34-15-5-2-6-16-34/h1-32H. The summed E-state index contributed by atoms with van der Waals surface area (Å²) in [6.07, 6.45) is -5.10. The van der Waals surface area contributed by atoms with Crippen LogP contribution in [0.25, 0.3) is 111 Å². The van der Waals surface area contributed by atoms with Crippen LogP contribution in [0, 0.1) is 29.1 Å². The van der Waals surface area contributed by atoms with Gasteiger partial charge in [-0.2, -0.15) is 13.2 Å². The van der Waals surface area contributed by atoms with E-state index in [1.54, 1.807) is 97.1 Å². The van der Waals surface area contributed by atoms with Gasteiger partial charge in [-0.05, 0) is 60.7 Å². The Kier molecular flexibility index (Phi) is 10.2. The Morgan fingerprint density at radius 1 is 0.310 bits per heavy atom. The van der Waals surface area contributed by atoms with E-state index in [4.69, 9.17) is 9.97 Å².